The average Bonchev–Trinajstić information content (AvgIpc) is 3.60. The van der Waals surface area contributed by atoms with Crippen molar-refractivity contribution in [3.05, 3.63) is 101 Å². The third kappa shape index (κ3) is 4.09. The van der Waals surface area contributed by atoms with Crippen molar-refractivity contribution in [1.82, 2.24) is 24.2 Å². The van der Waals surface area contributed by atoms with Crippen LogP contribution in [0.5, 0.6) is 0 Å². The van der Waals surface area contributed by atoms with Crippen LogP contribution in [0.2, 0.25) is 0 Å². The molecule has 0 radical (unpaired) electrons. The van der Waals surface area contributed by atoms with Gasteiger partial charge < -0.3 is 0 Å². The van der Waals surface area contributed by atoms with Gasteiger partial charge in [0.1, 0.15) is 0 Å². The third-order valence-corrected chi connectivity index (χ3v) is 6.14. The third-order valence-electron chi connectivity index (χ3n) is 5.73. The van der Waals surface area contributed by atoms with E-state index in [1.54, 1.807) is 6.20 Å². The molecule has 0 N–H and O–H groups in total. The highest BCUT2D eigenvalue weighted by molar-refractivity contribution is 7.71. The second-order valence-corrected chi connectivity index (χ2v) is 8.44. The lowest BCUT2D eigenvalue weighted by Gasteiger charge is -2.28. The van der Waals surface area contributed by atoms with Crippen molar-refractivity contribution < 1.29 is 0 Å². The van der Waals surface area contributed by atoms with E-state index in [-0.39, 0.29) is 6.04 Å². The first-order chi connectivity index (χ1) is 15.2. The van der Waals surface area contributed by atoms with Crippen LogP contribution in [0.15, 0.2) is 85.2 Å². The molecule has 6 heteroatoms. The van der Waals surface area contributed by atoms with E-state index in [0.717, 1.165) is 29.0 Å². The van der Waals surface area contributed by atoms with E-state index < -0.39 is 0 Å². The maximum absolute atomic E-state index is 5.88. The second kappa shape index (κ2) is 8.57. The van der Waals surface area contributed by atoms with E-state index in [9.17, 15) is 0 Å². The number of nitrogens with zero attached hydrogens (tertiary/aromatic N) is 5. The number of aromatic nitrogens is 4. The first-order valence-electron chi connectivity index (χ1n) is 10.6. The number of hydrogen-bond donors (Lipinski definition) is 0. The topological polar surface area (TPSA) is 38.9 Å². The molecule has 5 rings (SSSR count). The molecule has 0 amide bonds. The standard InChI is InChI=1S/C25H25N5S/c1-28(23(19-9-4-2-5-10-19)20-11-6-3-7-12-20)18-29-25(31)30(22-14-15-22)24(27-29)21-13-8-16-26-17-21/h2-13,16-17,22-23H,14-15,18H2,1H3. The van der Waals surface area contributed by atoms with Gasteiger partial charge in [-0.1, -0.05) is 60.7 Å². The molecule has 1 aliphatic rings. The fourth-order valence-corrected chi connectivity index (χ4v) is 4.47. The Morgan fingerprint density at radius 2 is 1.61 bits per heavy atom. The summed E-state index contributed by atoms with van der Waals surface area (Å²) in [5, 5.41) is 4.94. The molecule has 0 saturated heterocycles. The molecular formula is C25H25N5S. The Balaban J connectivity index is 1.52. The molecule has 2 heterocycles. The summed E-state index contributed by atoms with van der Waals surface area (Å²) in [6.07, 6.45) is 5.95. The number of rotatable bonds is 7. The zero-order valence-corrected chi connectivity index (χ0v) is 18.3. The molecule has 1 aliphatic carbocycles. The van der Waals surface area contributed by atoms with Crippen LogP contribution in [0.4, 0.5) is 0 Å². The van der Waals surface area contributed by atoms with E-state index >= 15 is 0 Å². The van der Waals surface area contributed by atoms with Crippen molar-refractivity contribution in [1.29, 1.82) is 0 Å². The summed E-state index contributed by atoms with van der Waals surface area (Å²) >= 11 is 5.88. The van der Waals surface area contributed by atoms with Crippen LogP contribution in [0, 0.1) is 4.77 Å². The number of hydrogen-bond acceptors (Lipinski definition) is 4. The van der Waals surface area contributed by atoms with E-state index in [0.29, 0.717) is 12.7 Å². The molecule has 4 aromatic rings. The van der Waals surface area contributed by atoms with Crippen LogP contribution in [0.3, 0.4) is 0 Å². The Morgan fingerprint density at radius 1 is 0.968 bits per heavy atom. The van der Waals surface area contributed by atoms with Crippen LogP contribution >= 0.6 is 12.2 Å². The largest absolute Gasteiger partial charge is 0.297 e. The molecule has 2 aromatic carbocycles. The molecule has 2 aromatic heterocycles. The molecular weight excluding hydrogens is 402 g/mol. The minimum atomic E-state index is 0.109. The van der Waals surface area contributed by atoms with Crippen LogP contribution in [0.25, 0.3) is 11.4 Å². The maximum Gasteiger partial charge on any atom is 0.199 e. The highest BCUT2D eigenvalue weighted by atomic mass is 32.1. The summed E-state index contributed by atoms with van der Waals surface area (Å²) in [6, 6.07) is 25.7. The Morgan fingerprint density at radius 3 is 2.16 bits per heavy atom. The van der Waals surface area contributed by atoms with Gasteiger partial charge in [-0.2, -0.15) is 5.10 Å². The van der Waals surface area contributed by atoms with E-state index in [1.807, 2.05) is 23.0 Å². The lowest BCUT2D eigenvalue weighted by molar-refractivity contribution is 0.207. The van der Waals surface area contributed by atoms with Gasteiger partial charge in [0.05, 0.1) is 12.7 Å². The van der Waals surface area contributed by atoms with Crippen molar-refractivity contribution >= 4 is 12.2 Å². The predicted octanol–water partition coefficient (Wildman–Crippen LogP) is 5.49. The van der Waals surface area contributed by atoms with Gasteiger partial charge in [-0.3, -0.25) is 14.5 Å². The van der Waals surface area contributed by atoms with Gasteiger partial charge >= 0.3 is 0 Å². The van der Waals surface area contributed by atoms with Gasteiger partial charge in [-0.25, -0.2) is 4.68 Å². The summed E-state index contributed by atoms with van der Waals surface area (Å²) in [5.74, 6) is 0.907. The molecule has 1 saturated carbocycles. The summed E-state index contributed by atoms with van der Waals surface area (Å²) in [5.41, 5.74) is 3.50. The van der Waals surface area contributed by atoms with Crippen molar-refractivity contribution in [2.45, 2.75) is 31.6 Å². The van der Waals surface area contributed by atoms with Crippen molar-refractivity contribution in [2.24, 2.45) is 0 Å². The fraction of sp³-hybridized carbons (Fsp3) is 0.240. The smallest absolute Gasteiger partial charge is 0.199 e. The Labute approximate surface area is 187 Å². The minimum absolute atomic E-state index is 0.109. The maximum atomic E-state index is 5.88. The Kier molecular flexibility index (Phi) is 5.49. The van der Waals surface area contributed by atoms with Crippen molar-refractivity contribution in [3.63, 3.8) is 0 Å². The SMILES string of the molecule is CN(Cn1nc(-c2cccnc2)n(C2CC2)c1=S)C(c1ccccc1)c1ccccc1. The van der Waals surface area contributed by atoms with Crippen LogP contribution in [0.1, 0.15) is 36.1 Å². The molecule has 0 atom stereocenters. The van der Waals surface area contributed by atoms with Crippen molar-refractivity contribution in [2.75, 3.05) is 7.05 Å². The normalized spacial score (nSPS) is 13.8. The highest BCUT2D eigenvalue weighted by Crippen LogP contribution is 2.38. The summed E-state index contributed by atoms with van der Waals surface area (Å²) in [7, 11) is 2.13. The predicted molar refractivity (Wildman–Crippen MR) is 125 cm³/mol. The number of pyridine rings is 1. The first kappa shape index (κ1) is 19.8. The lowest BCUT2D eigenvalue weighted by Crippen LogP contribution is -2.28. The van der Waals surface area contributed by atoms with Gasteiger partial charge in [0, 0.05) is 24.0 Å². The molecule has 0 aliphatic heterocycles. The fourth-order valence-electron chi connectivity index (χ4n) is 4.13. The van der Waals surface area contributed by atoms with Crippen LogP contribution in [-0.2, 0) is 6.67 Å². The lowest BCUT2D eigenvalue weighted by atomic mass is 9.98. The first-order valence-corrected chi connectivity index (χ1v) is 11.0. The minimum Gasteiger partial charge on any atom is -0.297 e. The van der Waals surface area contributed by atoms with Gasteiger partial charge in [0.25, 0.3) is 0 Å². The second-order valence-electron chi connectivity index (χ2n) is 8.07. The van der Waals surface area contributed by atoms with Gasteiger partial charge in [0.2, 0.25) is 0 Å². The monoisotopic (exact) mass is 427 g/mol. The van der Waals surface area contributed by atoms with Gasteiger partial charge in [-0.15, -0.1) is 0 Å². The van der Waals surface area contributed by atoms with Gasteiger partial charge in [0.15, 0.2) is 10.6 Å². The molecule has 5 nitrogen and oxygen atoms in total. The average molecular weight is 428 g/mol. The molecule has 0 unspecified atom stereocenters. The summed E-state index contributed by atoms with van der Waals surface area (Å²) < 4.78 is 4.93. The van der Waals surface area contributed by atoms with Crippen molar-refractivity contribution in [3.8, 4) is 11.4 Å². The summed E-state index contributed by atoms with van der Waals surface area (Å²) in [4.78, 5) is 6.59. The number of benzene rings is 2. The zero-order chi connectivity index (χ0) is 21.2. The Hall–Kier alpha value is -3.09. The van der Waals surface area contributed by atoms with E-state index in [2.05, 4.69) is 82.2 Å². The van der Waals surface area contributed by atoms with E-state index in [4.69, 9.17) is 17.3 Å². The van der Waals surface area contributed by atoms with Gasteiger partial charge in [-0.05, 0) is 55.4 Å². The molecule has 0 bridgehead atoms. The highest BCUT2D eigenvalue weighted by Gasteiger charge is 2.30. The summed E-state index contributed by atoms with van der Waals surface area (Å²) in [6.45, 7) is 0.597. The quantitative estimate of drug-likeness (QED) is 0.366. The molecule has 156 valence electrons. The zero-order valence-electron chi connectivity index (χ0n) is 17.5. The van der Waals surface area contributed by atoms with Crippen LogP contribution in [-0.4, -0.2) is 31.3 Å². The molecule has 31 heavy (non-hydrogen) atoms. The molecule has 0 spiro atoms. The van der Waals surface area contributed by atoms with E-state index in [1.165, 1.54) is 11.1 Å². The van der Waals surface area contributed by atoms with Crippen LogP contribution < -0.4 is 0 Å². The molecule has 1 fully saturated rings. The Bertz CT molecular complexity index is 1160.